The highest BCUT2D eigenvalue weighted by atomic mass is 32.1. The lowest BCUT2D eigenvalue weighted by molar-refractivity contribution is -0.155. The van der Waals surface area contributed by atoms with Crippen LogP contribution in [0.5, 0.6) is 0 Å². The molecule has 3 rings (SSSR count). The Hall–Kier alpha value is -2.21. The fraction of sp³-hybridized carbons (Fsp3) is 0.353. The average Bonchev–Trinajstić information content (AvgIpc) is 2.94. The highest BCUT2D eigenvalue weighted by molar-refractivity contribution is 7.09. The first-order valence-electron chi connectivity index (χ1n) is 7.53. The summed E-state index contributed by atoms with van der Waals surface area (Å²) in [5, 5.41) is 0. The highest BCUT2D eigenvalue weighted by Gasteiger charge is 2.38. The van der Waals surface area contributed by atoms with Gasteiger partial charge in [-0.3, -0.25) is 9.59 Å². The molecule has 2 heterocycles. The second-order valence-electron chi connectivity index (χ2n) is 5.78. The number of hydrogen-bond acceptors (Lipinski definition) is 4. The summed E-state index contributed by atoms with van der Waals surface area (Å²) in [6.45, 7) is 2.52. The van der Waals surface area contributed by atoms with Crippen LogP contribution in [0.15, 0.2) is 35.8 Å². The first kappa shape index (κ1) is 15.7. The zero-order valence-electron chi connectivity index (χ0n) is 13.2. The molecule has 1 fully saturated rings. The normalized spacial score (nSPS) is 18.6. The minimum absolute atomic E-state index is 0.00405. The molecular formula is C17H19N3O2S. The van der Waals surface area contributed by atoms with Gasteiger partial charge < -0.3 is 9.80 Å². The van der Waals surface area contributed by atoms with Gasteiger partial charge in [-0.1, -0.05) is 30.3 Å². The summed E-state index contributed by atoms with van der Waals surface area (Å²) in [6.07, 6.45) is 0.535. The van der Waals surface area contributed by atoms with Crippen LogP contribution in [0.2, 0.25) is 0 Å². The number of piperazine rings is 1. The number of benzene rings is 1. The standard InChI is InChI=1S/C17H19N3O2S/c1-12-15(23-11-18-12)9-20-14(8-13-6-4-3-5-7-13)17(22)19(2)10-16(20)21/h3-7,11,14H,8-10H2,1-2H3/t14-/m1/s1. The van der Waals surface area contributed by atoms with Crippen LogP contribution in [0.25, 0.3) is 0 Å². The number of nitrogens with zero attached hydrogens (tertiary/aromatic N) is 3. The Labute approximate surface area is 139 Å². The van der Waals surface area contributed by atoms with Crippen LogP contribution < -0.4 is 0 Å². The summed E-state index contributed by atoms with van der Waals surface area (Å²) in [5.74, 6) is -0.0172. The van der Waals surface area contributed by atoms with Gasteiger partial charge in [-0.05, 0) is 12.5 Å². The van der Waals surface area contributed by atoms with Gasteiger partial charge >= 0.3 is 0 Å². The number of carbonyl (C=O) groups excluding carboxylic acids is 2. The van der Waals surface area contributed by atoms with E-state index < -0.39 is 6.04 Å². The predicted molar refractivity (Wildman–Crippen MR) is 89.0 cm³/mol. The van der Waals surface area contributed by atoms with E-state index in [1.54, 1.807) is 17.5 Å². The van der Waals surface area contributed by atoms with Crippen LogP contribution in [0.3, 0.4) is 0 Å². The molecule has 1 saturated heterocycles. The van der Waals surface area contributed by atoms with Crippen molar-refractivity contribution in [3.05, 3.63) is 52.0 Å². The SMILES string of the molecule is Cc1ncsc1CN1C(=O)CN(C)C(=O)[C@H]1Cc1ccccc1. The van der Waals surface area contributed by atoms with Crippen LogP contribution in [-0.2, 0) is 22.6 Å². The number of aryl methyl sites for hydroxylation is 1. The van der Waals surface area contributed by atoms with E-state index in [1.165, 1.54) is 16.2 Å². The number of rotatable bonds is 4. The van der Waals surface area contributed by atoms with Gasteiger partial charge in [0.1, 0.15) is 6.04 Å². The van der Waals surface area contributed by atoms with Crippen LogP contribution in [0.1, 0.15) is 16.1 Å². The third kappa shape index (κ3) is 3.27. The molecule has 1 aliphatic rings. The molecule has 1 aliphatic heterocycles. The maximum absolute atomic E-state index is 12.6. The van der Waals surface area contributed by atoms with E-state index in [0.717, 1.165) is 16.1 Å². The molecule has 1 aromatic heterocycles. The van der Waals surface area contributed by atoms with Gasteiger partial charge in [-0.25, -0.2) is 4.98 Å². The molecule has 0 aliphatic carbocycles. The van der Waals surface area contributed by atoms with Gasteiger partial charge in [0.15, 0.2) is 0 Å². The third-order valence-corrected chi connectivity index (χ3v) is 5.08. The third-order valence-electron chi connectivity index (χ3n) is 4.16. The summed E-state index contributed by atoms with van der Waals surface area (Å²) in [7, 11) is 1.69. The van der Waals surface area contributed by atoms with Crippen LogP contribution in [0.4, 0.5) is 0 Å². The van der Waals surface area contributed by atoms with Crippen molar-refractivity contribution in [3.63, 3.8) is 0 Å². The Morgan fingerprint density at radius 2 is 2.00 bits per heavy atom. The van der Waals surface area contributed by atoms with Crippen LogP contribution in [-0.4, -0.2) is 46.2 Å². The van der Waals surface area contributed by atoms with Gasteiger partial charge in [0.05, 0.1) is 24.3 Å². The number of hydrogen-bond donors (Lipinski definition) is 0. The number of aromatic nitrogens is 1. The number of likely N-dealkylation sites (N-methyl/N-ethyl adjacent to an activating group) is 1. The summed E-state index contributed by atoms with van der Waals surface area (Å²) in [5.41, 5.74) is 3.76. The van der Waals surface area contributed by atoms with Crippen LogP contribution >= 0.6 is 11.3 Å². The van der Waals surface area contributed by atoms with Gasteiger partial charge in [-0.15, -0.1) is 11.3 Å². The smallest absolute Gasteiger partial charge is 0.245 e. The molecule has 0 spiro atoms. The molecule has 0 bridgehead atoms. The van der Waals surface area contributed by atoms with Gasteiger partial charge in [-0.2, -0.15) is 0 Å². The summed E-state index contributed by atoms with van der Waals surface area (Å²) >= 11 is 1.53. The average molecular weight is 329 g/mol. The summed E-state index contributed by atoms with van der Waals surface area (Å²) < 4.78 is 0. The first-order valence-corrected chi connectivity index (χ1v) is 8.41. The minimum atomic E-state index is -0.454. The zero-order valence-corrected chi connectivity index (χ0v) is 14.0. The molecule has 2 amide bonds. The van der Waals surface area contributed by atoms with E-state index in [0.29, 0.717) is 13.0 Å². The molecule has 6 heteroatoms. The number of thiazole rings is 1. The quantitative estimate of drug-likeness (QED) is 0.860. The number of amides is 2. The van der Waals surface area contributed by atoms with Crippen molar-refractivity contribution >= 4 is 23.2 Å². The Morgan fingerprint density at radius 3 is 2.65 bits per heavy atom. The molecule has 0 N–H and O–H groups in total. The largest absolute Gasteiger partial charge is 0.335 e. The predicted octanol–water partition coefficient (Wildman–Crippen LogP) is 1.86. The molecule has 120 valence electrons. The van der Waals surface area contributed by atoms with Gasteiger partial charge in [0.25, 0.3) is 0 Å². The van der Waals surface area contributed by atoms with E-state index in [-0.39, 0.29) is 18.4 Å². The van der Waals surface area contributed by atoms with E-state index >= 15 is 0 Å². The summed E-state index contributed by atoms with van der Waals surface area (Å²) in [6, 6.07) is 9.37. The highest BCUT2D eigenvalue weighted by Crippen LogP contribution is 2.22. The molecule has 5 nitrogen and oxygen atoms in total. The Morgan fingerprint density at radius 1 is 1.26 bits per heavy atom. The maximum Gasteiger partial charge on any atom is 0.245 e. The zero-order chi connectivity index (χ0) is 16.4. The molecular weight excluding hydrogens is 310 g/mol. The van der Waals surface area contributed by atoms with Crippen molar-refractivity contribution in [2.24, 2.45) is 0 Å². The first-order chi connectivity index (χ1) is 11.1. The Kier molecular flexibility index (Phi) is 4.43. The van der Waals surface area contributed by atoms with Crippen molar-refractivity contribution in [3.8, 4) is 0 Å². The minimum Gasteiger partial charge on any atom is -0.335 e. The van der Waals surface area contributed by atoms with Crippen molar-refractivity contribution < 1.29 is 9.59 Å². The van der Waals surface area contributed by atoms with E-state index in [1.807, 2.05) is 37.3 Å². The molecule has 1 atom stereocenters. The van der Waals surface area contributed by atoms with E-state index in [4.69, 9.17) is 0 Å². The van der Waals surface area contributed by atoms with Gasteiger partial charge in [0, 0.05) is 18.3 Å². The van der Waals surface area contributed by atoms with Crippen LogP contribution in [0, 0.1) is 6.92 Å². The molecule has 0 saturated carbocycles. The van der Waals surface area contributed by atoms with Crippen molar-refractivity contribution in [1.29, 1.82) is 0 Å². The maximum atomic E-state index is 12.6. The molecule has 2 aromatic rings. The van der Waals surface area contributed by atoms with Crippen molar-refractivity contribution in [2.75, 3.05) is 13.6 Å². The fourth-order valence-corrected chi connectivity index (χ4v) is 3.57. The lowest BCUT2D eigenvalue weighted by Crippen LogP contribution is -2.59. The number of carbonyl (C=O) groups is 2. The fourth-order valence-electron chi connectivity index (χ4n) is 2.80. The lowest BCUT2D eigenvalue weighted by Gasteiger charge is -2.38. The molecule has 1 aromatic carbocycles. The molecule has 23 heavy (non-hydrogen) atoms. The summed E-state index contributed by atoms with van der Waals surface area (Å²) in [4.78, 5) is 33.6. The van der Waals surface area contributed by atoms with Crippen molar-refractivity contribution in [1.82, 2.24) is 14.8 Å². The molecule has 0 radical (unpaired) electrons. The Bertz CT molecular complexity index is 714. The second kappa shape index (κ2) is 6.50. The second-order valence-corrected chi connectivity index (χ2v) is 6.72. The van der Waals surface area contributed by atoms with Gasteiger partial charge in [0.2, 0.25) is 11.8 Å². The monoisotopic (exact) mass is 329 g/mol. The van der Waals surface area contributed by atoms with E-state index in [9.17, 15) is 9.59 Å². The lowest BCUT2D eigenvalue weighted by atomic mass is 10.0. The molecule has 0 unspecified atom stereocenters. The Balaban J connectivity index is 1.87. The topological polar surface area (TPSA) is 53.5 Å². The van der Waals surface area contributed by atoms with Crippen molar-refractivity contribution in [2.45, 2.75) is 25.9 Å². The van der Waals surface area contributed by atoms with E-state index in [2.05, 4.69) is 4.98 Å².